The minimum absolute atomic E-state index is 0.0552. The number of aldehydes is 1. The van der Waals surface area contributed by atoms with Gasteiger partial charge in [-0.2, -0.15) is 0 Å². The van der Waals surface area contributed by atoms with Crippen LogP contribution in [0.25, 0.3) is 0 Å². The molecule has 0 saturated heterocycles. The Morgan fingerprint density at radius 2 is 2.00 bits per heavy atom. The number of rotatable bonds is 10. The van der Waals surface area contributed by atoms with Crippen molar-refractivity contribution in [1.82, 2.24) is 0 Å². The largest absolute Gasteiger partial charge is 0.351 e. The minimum Gasteiger partial charge on any atom is -0.351 e. The highest BCUT2D eigenvalue weighted by atomic mass is 16.7. The summed E-state index contributed by atoms with van der Waals surface area (Å²) in [4.78, 5) is 10.6. The maximum atomic E-state index is 10.6. The second kappa shape index (κ2) is 10.3. The lowest BCUT2D eigenvalue weighted by atomic mass is 10.0. The SMILES string of the molecule is CC[C@H](OCOCc1ccccc1)/C(C)=C/C[C@H](C)C=O. The molecule has 0 fully saturated rings. The van der Waals surface area contributed by atoms with Crippen LogP contribution >= 0.6 is 0 Å². The third-order valence-electron chi connectivity index (χ3n) is 3.39. The Morgan fingerprint density at radius 3 is 2.62 bits per heavy atom. The number of benzene rings is 1. The molecule has 0 heterocycles. The molecule has 0 aliphatic heterocycles. The zero-order valence-electron chi connectivity index (χ0n) is 13.2. The molecule has 2 atom stereocenters. The van der Waals surface area contributed by atoms with Crippen molar-refractivity contribution in [2.45, 2.75) is 46.3 Å². The highest BCUT2D eigenvalue weighted by Crippen LogP contribution is 2.13. The fraction of sp³-hybridized carbons (Fsp3) is 0.500. The first kappa shape index (κ1) is 17.6. The van der Waals surface area contributed by atoms with Crippen molar-refractivity contribution >= 4 is 6.29 Å². The third kappa shape index (κ3) is 7.21. The Morgan fingerprint density at radius 1 is 1.29 bits per heavy atom. The molecule has 21 heavy (non-hydrogen) atoms. The van der Waals surface area contributed by atoms with Crippen molar-refractivity contribution < 1.29 is 14.3 Å². The maximum Gasteiger partial charge on any atom is 0.147 e. The number of hydrogen-bond donors (Lipinski definition) is 0. The summed E-state index contributed by atoms with van der Waals surface area (Å²) in [5, 5.41) is 0. The number of hydrogen-bond acceptors (Lipinski definition) is 3. The van der Waals surface area contributed by atoms with E-state index in [1.165, 1.54) is 0 Å². The van der Waals surface area contributed by atoms with Gasteiger partial charge in [-0.25, -0.2) is 0 Å². The molecule has 116 valence electrons. The van der Waals surface area contributed by atoms with Crippen molar-refractivity contribution in [2.24, 2.45) is 5.92 Å². The van der Waals surface area contributed by atoms with E-state index in [0.29, 0.717) is 6.61 Å². The van der Waals surface area contributed by atoms with Gasteiger partial charge in [0.2, 0.25) is 0 Å². The van der Waals surface area contributed by atoms with E-state index in [4.69, 9.17) is 9.47 Å². The molecular weight excluding hydrogens is 264 g/mol. The molecule has 1 aromatic carbocycles. The lowest BCUT2D eigenvalue weighted by molar-refractivity contribution is -0.110. The average Bonchev–Trinajstić information content (AvgIpc) is 2.53. The van der Waals surface area contributed by atoms with E-state index in [0.717, 1.165) is 30.3 Å². The molecule has 0 N–H and O–H groups in total. The topological polar surface area (TPSA) is 35.5 Å². The summed E-state index contributed by atoms with van der Waals surface area (Å²) in [5.74, 6) is 0.0618. The van der Waals surface area contributed by atoms with Gasteiger partial charge in [0.15, 0.2) is 0 Å². The molecule has 0 aliphatic carbocycles. The number of carbonyl (C=O) groups is 1. The monoisotopic (exact) mass is 290 g/mol. The molecule has 1 aromatic rings. The Labute approximate surface area is 128 Å². The van der Waals surface area contributed by atoms with Crippen LogP contribution in [0.1, 0.15) is 39.2 Å². The zero-order chi connectivity index (χ0) is 15.5. The first-order chi connectivity index (χ1) is 10.2. The smallest absolute Gasteiger partial charge is 0.147 e. The van der Waals surface area contributed by atoms with Gasteiger partial charge in [-0.15, -0.1) is 0 Å². The van der Waals surface area contributed by atoms with Crippen LogP contribution in [0.15, 0.2) is 42.0 Å². The van der Waals surface area contributed by atoms with Crippen molar-refractivity contribution in [1.29, 1.82) is 0 Å². The molecule has 0 amide bonds. The average molecular weight is 290 g/mol. The number of ether oxygens (including phenoxy) is 2. The van der Waals surface area contributed by atoms with Crippen LogP contribution in [-0.4, -0.2) is 19.2 Å². The van der Waals surface area contributed by atoms with Crippen LogP contribution in [0.2, 0.25) is 0 Å². The van der Waals surface area contributed by atoms with E-state index in [2.05, 4.69) is 13.0 Å². The summed E-state index contributed by atoms with van der Waals surface area (Å²) in [5.41, 5.74) is 2.30. The predicted molar refractivity (Wildman–Crippen MR) is 84.9 cm³/mol. The fourth-order valence-corrected chi connectivity index (χ4v) is 1.99. The van der Waals surface area contributed by atoms with Crippen molar-refractivity contribution in [3.63, 3.8) is 0 Å². The highest BCUT2D eigenvalue weighted by Gasteiger charge is 2.09. The second-order valence-electron chi connectivity index (χ2n) is 5.31. The molecular formula is C18H26O3. The molecule has 0 radical (unpaired) electrons. The van der Waals surface area contributed by atoms with Crippen molar-refractivity contribution in [3.8, 4) is 0 Å². The Balaban J connectivity index is 2.31. The first-order valence-corrected chi connectivity index (χ1v) is 7.52. The minimum atomic E-state index is 0.0552. The Bertz CT molecular complexity index is 425. The summed E-state index contributed by atoms with van der Waals surface area (Å²) in [6.07, 6.45) is 4.78. The summed E-state index contributed by atoms with van der Waals surface area (Å²) in [7, 11) is 0. The van der Waals surface area contributed by atoms with Gasteiger partial charge >= 0.3 is 0 Å². The van der Waals surface area contributed by atoms with Gasteiger partial charge in [-0.3, -0.25) is 0 Å². The van der Waals surface area contributed by atoms with Gasteiger partial charge in [-0.05, 0) is 30.9 Å². The molecule has 0 saturated carbocycles. The summed E-state index contributed by atoms with van der Waals surface area (Å²) in [6.45, 7) is 6.89. The van der Waals surface area contributed by atoms with Crippen LogP contribution in [0.5, 0.6) is 0 Å². The van der Waals surface area contributed by atoms with E-state index in [1.807, 2.05) is 44.2 Å². The van der Waals surface area contributed by atoms with Gasteiger partial charge in [-0.1, -0.05) is 50.3 Å². The molecule has 3 nitrogen and oxygen atoms in total. The molecule has 0 aromatic heterocycles. The van der Waals surface area contributed by atoms with Crippen LogP contribution in [-0.2, 0) is 20.9 Å². The Kier molecular flexibility index (Phi) is 8.63. The molecule has 0 unspecified atom stereocenters. The highest BCUT2D eigenvalue weighted by molar-refractivity contribution is 5.53. The van der Waals surface area contributed by atoms with Crippen molar-refractivity contribution in [3.05, 3.63) is 47.5 Å². The van der Waals surface area contributed by atoms with Crippen LogP contribution in [0.3, 0.4) is 0 Å². The summed E-state index contributed by atoms with van der Waals surface area (Å²) < 4.78 is 11.3. The molecule has 0 spiro atoms. The van der Waals surface area contributed by atoms with E-state index in [9.17, 15) is 4.79 Å². The fourth-order valence-electron chi connectivity index (χ4n) is 1.99. The number of allylic oxidation sites excluding steroid dienone is 1. The van der Waals surface area contributed by atoms with E-state index >= 15 is 0 Å². The quantitative estimate of drug-likeness (QED) is 0.281. The van der Waals surface area contributed by atoms with Gasteiger partial charge in [0, 0.05) is 5.92 Å². The van der Waals surface area contributed by atoms with Crippen LogP contribution in [0.4, 0.5) is 0 Å². The van der Waals surface area contributed by atoms with Crippen LogP contribution < -0.4 is 0 Å². The van der Waals surface area contributed by atoms with Gasteiger partial charge < -0.3 is 14.3 Å². The molecule has 1 rings (SSSR count). The van der Waals surface area contributed by atoms with Gasteiger partial charge in [0.25, 0.3) is 0 Å². The molecule has 0 aliphatic rings. The lowest BCUT2D eigenvalue weighted by Gasteiger charge is -2.17. The van der Waals surface area contributed by atoms with Crippen LogP contribution in [0, 0.1) is 5.92 Å². The predicted octanol–water partition coefficient (Wildman–Crippen LogP) is 4.13. The third-order valence-corrected chi connectivity index (χ3v) is 3.39. The second-order valence-corrected chi connectivity index (χ2v) is 5.31. The molecule has 3 heteroatoms. The van der Waals surface area contributed by atoms with Gasteiger partial charge in [0.1, 0.15) is 13.1 Å². The standard InChI is InChI=1S/C18H26O3/c1-4-18(16(3)11-10-15(2)12-19)21-14-20-13-17-8-6-5-7-9-17/h5-9,11-12,15,18H,4,10,13-14H2,1-3H3/b16-11+/t15-,18-/m0/s1. The summed E-state index contributed by atoms with van der Waals surface area (Å²) >= 11 is 0. The zero-order valence-corrected chi connectivity index (χ0v) is 13.2. The van der Waals surface area contributed by atoms with Crippen molar-refractivity contribution in [2.75, 3.05) is 6.79 Å². The first-order valence-electron chi connectivity index (χ1n) is 7.52. The lowest BCUT2D eigenvalue weighted by Crippen LogP contribution is -2.16. The van der Waals surface area contributed by atoms with E-state index in [1.54, 1.807) is 0 Å². The Hall–Kier alpha value is -1.45. The molecule has 0 bridgehead atoms. The van der Waals surface area contributed by atoms with E-state index < -0.39 is 0 Å². The summed E-state index contributed by atoms with van der Waals surface area (Å²) in [6, 6.07) is 10.0. The number of carbonyl (C=O) groups excluding carboxylic acids is 1. The van der Waals surface area contributed by atoms with Gasteiger partial charge in [0.05, 0.1) is 12.7 Å². The normalized spacial score (nSPS) is 14.7. The van der Waals surface area contributed by atoms with E-state index in [-0.39, 0.29) is 18.8 Å². The maximum absolute atomic E-state index is 10.6.